The maximum atomic E-state index is 13.0. The van der Waals surface area contributed by atoms with Crippen molar-refractivity contribution in [3.8, 4) is 28.6 Å². The smallest absolute Gasteiger partial charge is 0.233 e. The number of carbonyl (C=O) groups excluding carboxylic acids is 1. The largest absolute Gasteiger partial charge is 0.493 e. The van der Waals surface area contributed by atoms with Crippen LogP contribution in [0.1, 0.15) is 18.4 Å². The summed E-state index contributed by atoms with van der Waals surface area (Å²) in [6.07, 6.45) is 1.68. The predicted octanol–water partition coefficient (Wildman–Crippen LogP) is 4.11. The first kappa shape index (κ1) is 25.5. The lowest BCUT2D eigenvalue weighted by atomic mass is 9.80. The third kappa shape index (κ3) is 5.95. The van der Waals surface area contributed by atoms with Crippen molar-refractivity contribution >= 4 is 11.6 Å². The number of aliphatic hydroxyl groups is 1. The Bertz CT molecular complexity index is 1180. The SMILES string of the molecule is COc1ccc(CCOc2cccc(-c3cccc(NC(=O)C4(CO)CCOCC4)c3)n2)cc1OC. The minimum Gasteiger partial charge on any atom is -0.493 e. The summed E-state index contributed by atoms with van der Waals surface area (Å²) < 4.78 is 21.9. The predicted molar refractivity (Wildman–Crippen MR) is 137 cm³/mol. The molecule has 4 rings (SSSR count). The Balaban J connectivity index is 1.40. The highest BCUT2D eigenvalue weighted by molar-refractivity contribution is 5.96. The Morgan fingerprint density at radius 1 is 1.03 bits per heavy atom. The van der Waals surface area contributed by atoms with Crippen molar-refractivity contribution in [2.24, 2.45) is 5.41 Å². The zero-order valence-corrected chi connectivity index (χ0v) is 20.7. The summed E-state index contributed by atoms with van der Waals surface area (Å²) in [5, 5.41) is 12.9. The third-order valence-corrected chi connectivity index (χ3v) is 6.46. The molecule has 0 aliphatic carbocycles. The highest BCUT2D eigenvalue weighted by Gasteiger charge is 2.39. The van der Waals surface area contributed by atoms with E-state index in [0.717, 1.165) is 16.8 Å². The molecule has 3 aromatic rings. The maximum Gasteiger partial charge on any atom is 0.233 e. The molecular weight excluding hydrogens is 460 g/mol. The standard InChI is InChI=1S/C28H32N2O6/c1-33-24-10-9-20(17-25(24)34-2)11-14-36-26-8-4-7-23(30-26)21-5-3-6-22(18-21)29-27(32)28(19-31)12-15-35-16-13-28/h3-10,17-18,31H,11-16,19H2,1-2H3,(H,29,32). The number of pyridine rings is 1. The minimum atomic E-state index is -0.811. The van der Waals surface area contributed by atoms with Crippen molar-refractivity contribution in [2.75, 3.05) is 46.0 Å². The maximum absolute atomic E-state index is 13.0. The summed E-state index contributed by atoms with van der Waals surface area (Å²) in [6, 6.07) is 18.9. The number of nitrogens with one attached hydrogen (secondary N) is 1. The van der Waals surface area contributed by atoms with E-state index in [1.165, 1.54) is 0 Å². The van der Waals surface area contributed by atoms with Gasteiger partial charge in [0, 0.05) is 37.0 Å². The minimum absolute atomic E-state index is 0.189. The Morgan fingerprint density at radius 3 is 2.56 bits per heavy atom. The van der Waals surface area contributed by atoms with Crippen LogP contribution in [-0.4, -0.2) is 56.6 Å². The number of methoxy groups -OCH3 is 2. The second-order valence-corrected chi connectivity index (χ2v) is 8.73. The van der Waals surface area contributed by atoms with Crippen LogP contribution in [0, 0.1) is 5.41 Å². The summed E-state index contributed by atoms with van der Waals surface area (Å²) in [5.74, 6) is 1.70. The fraction of sp³-hybridized carbons (Fsp3) is 0.357. The number of nitrogens with zero attached hydrogens (tertiary/aromatic N) is 1. The first-order valence-corrected chi connectivity index (χ1v) is 12.0. The fourth-order valence-electron chi connectivity index (χ4n) is 4.20. The lowest BCUT2D eigenvalue weighted by Gasteiger charge is -2.33. The van der Waals surface area contributed by atoms with Crippen LogP contribution in [0.5, 0.6) is 17.4 Å². The number of aliphatic hydroxyl groups excluding tert-OH is 1. The Labute approximate surface area is 211 Å². The number of amides is 1. The average Bonchev–Trinajstić information content (AvgIpc) is 2.93. The first-order valence-electron chi connectivity index (χ1n) is 12.0. The molecule has 1 fully saturated rings. The van der Waals surface area contributed by atoms with Crippen LogP contribution in [-0.2, 0) is 16.0 Å². The molecule has 2 heterocycles. The monoisotopic (exact) mass is 492 g/mol. The van der Waals surface area contributed by atoms with Gasteiger partial charge in [-0.1, -0.05) is 24.3 Å². The molecule has 0 unspecified atom stereocenters. The number of carbonyl (C=O) groups is 1. The summed E-state index contributed by atoms with van der Waals surface area (Å²) in [4.78, 5) is 17.6. The number of hydrogen-bond acceptors (Lipinski definition) is 7. The molecule has 0 saturated carbocycles. The fourth-order valence-corrected chi connectivity index (χ4v) is 4.20. The van der Waals surface area contributed by atoms with Crippen LogP contribution in [0.3, 0.4) is 0 Å². The number of anilines is 1. The molecule has 1 amide bonds. The molecule has 8 heteroatoms. The van der Waals surface area contributed by atoms with E-state index in [9.17, 15) is 9.90 Å². The Kier molecular flexibility index (Phi) is 8.40. The molecule has 1 aliphatic heterocycles. The van der Waals surface area contributed by atoms with Crippen LogP contribution < -0.4 is 19.5 Å². The van der Waals surface area contributed by atoms with E-state index in [0.29, 0.717) is 62.1 Å². The number of rotatable bonds is 10. The highest BCUT2D eigenvalue weighted by atomic mass is 16.5. The molecule has 0 spiro atoms. The van der Waals surface area contributed by atoms with Crippen molar-refractivity contribution in [1.29, 1.82) is 0 Å². The molecule has 1 aromatic heterocycles. The lowest BCUT2D eigenvalue weighted by Crippen LogP contribution is -2.43. The van der Waals surface area contributed by atoms with Crippen molar-refractivity contribution < 1.29 is 28.8 Å². The van der Waals surface area contributed by atoms with E-state index in [4.69, 9.17) is 18.9 Å². The summed E-state index contributed by atoms with van der Waals surface area (Å²) in [6.45, 7) is 1.19. The van der Waals surface area contributed by atoms with Gasteiger partial charge in [-0.2, -0.15) is 0 Å². The number of hydrogen-bond donors (Lipinski definition) is 2. The van der Waals surface area contributed by atoms with Gasteiger partial charge in [-0.05, 0) is 48.7 Å². The van der Waals surface area contributed by atoms with Gasteiger partial charge in [-0.15, -0.1) is 0 Å². The van der Waals surface area contributed by atoms with Crippen LogP contribution in [0.15, 0.2) is 60.7 Å². The quantitative estimate of drug-likeness (QED) is 0.439. The first-order chi connectivity index (χ1) is 17.6. The molecular formula is C28H32N2O6. The van der Waals surface area contributed by atoms with E-state index < -0.39 is 5.41 Å². The summed E-state index contributed by atoms with van der Waals surface area (Å²) in [7, 11) is 3.23. The second-order valence-electron chi connectivity index (χ2n) is 8.73. The topological polar surface area (TPSA) is 99.1 Å². The third-order valence-electron chi connectivity index (χ3n) is 6.46. The molecule has 0 radical (unpaired) electrons. The van der Waals surface area contributed by atoms with E-state index >= 15 is 0 Å². The van der Waals surface area contributed by atoms with Gasteiger partial charge in [-0.3, -0.25) is 4.79 Å². The molecule has 2 N–H and O–H groups in total. The van der Waals surface area contributed by atoms with Gasteiger partial charge in [0.1, 0.15) is 0 Å². The van der Waals surface area contributed by atoms with Gasteiger partial charge >= 0.3 is 0 Å². The number of aromatic nitrogens is 1. The van der Waals surface area contributed by atoms with Crippen molar-refractivity contribution in [3.05, 3.63) is 66.2 Å². The highest BCUT2D eigenvalue weighted by Crippen LogP contribution is 2.32. The van der Waals surface area contributed by atoms with Gasteiger partial charge in [0.15, 0.2) is 11.5 Å². The number of ether oxygens (including phenoxy) is 4. The van der Waals surface area contributed by atoms with E-state index in [1.54, 1.807) is 14.2 Å². The van der Waals surface area contributed by atoms with Crippen LogP contribution >= 0.6 is 0 Å². The van der Waals surface area contributed by atoms with Gasteiger partial charge in [0.05, 0.1) is 38.5 Å². The van der Waals surface area contributed by atoms with E-state index in [-0.39, 0.29) is 12.5 Å². The molecule has 36 heavy (non-hydrogen) atoms. The molecule has 8 nitrogen and oxygen atoms in total. The van der Waals surface area contributed by atoms with Gasteiger partial charge < -0.3 is 29.4 Å². The van der Waals surface area contributed by atoms with Crippen molar-refractivity contribution in [1.82, 2.24) is 4.98 Å². The number of benzene rings is 2. The summed E-state index contributed by atoms with van der Waals surface area (Å²) >= 11 is 0. The van der Waals surface area contributed by atoms with Crippen molar-refractivity contribution in [3.63, 3.8) is 0 Å². The lowest BCUT2D eigenvalue weighted by molar-refractivity contribution is -0.134. The normalized spacial score (nSPS) is 14.6. The Morgan fingerprint density at radius 2 is 1.81 bits per heavy atom. The van der Waals surface area contributed by atoms with E-state index in [1.807, 2.05) is 60.7 Å². The summed E-state index contributed by atoms with van der Waals surface area (Å²) in [5.41, 5.74) is 2.49. The van der Waals surface area contributed by atoms with Crippen LogP contribution in [0.25, 0.3) is 11.3 Å². The van der Waals surface area contributed by atoms with Crippen LogP contribution in [0.2, 0.25) is 0 Å². The van der Waals surface area contributed by atoms with E-state index in [2.05, 4.69) is 10.3 Å². The molecule has 1 saturated heterocycles. The molecule has 190 valence electrons. The van der Waals surface area contributed by atoms with Crippen LogP contribution in [0.4, 0.5) is 5.69 Å². The zero-order valence-electron chi connectivity index (χ0n) is 20.7. The van der Waals surface area contributed by atoms with Gasteiger partial charge in [0.25, 0.3) is 0 Å². The molecule has 1 aliphatic rings. The van der Waals surface area contributed by atoms with Gasteiger partial charge in [0.2, 0.25) is 11.8 Å². The van der Waals surface area contributed by atoms with Crippen molar-refractivity contribution in [2.45, 2.75) is 19.3 Å². The zero-order chi connectivity index (χ0) is 25.4. The molecule has 2 aromatic carbocycles. The second kappa shape index (κ2) is 11.9. The van der Waals surface area contributed by atoms with Gasteiger partial charge in [-0.25, -0.2) is 4.98 Å². The molecule has 0 bridgehead atoms. The average molecular weight is 493 g/mol. The Hall–Kier alpha value is -3.62. The molecule has 0 atom stereocenters.